The monoisotopic (exact) mass is 204 g/mol. The Morgan fingerprint density at radius 1 is 1.67 bits per heavy atom. The average Bonchev–Trinajstić information content (AvgIpc) is 2.25. The third-order valence-corrected chi connectivity index (χ3v) is 1.46. The van der Waals surface area contributed by atoms with Gasteiger partial charge in [0.2, 0.25) is 0 Å². The highest BCUT2D eigenvalue weighted by atomic mass is 16.5. The summed E-state index contributed by atoms with van der Waals surface area (Å²) in [4.78, 5) is 10.7. The summed E-state index contributed by atoms with van der Waals surface area (Å²) >= 11 is 0. The second-order valence-electron chi connectivity index (χ2n) is 2.57. The number of aliphatic hydroxyl groups excluding tert-OH is 1. The Hall–Kier alpha value is -1.93. The van der Waals surface area contributed by atoms with E-state index >= 15 is 0 Å². The standard InChI is InChI=1S/C12H12O3/c1-3-4-5-6-7-8-11(13)9-10-12(14)15-2/h1,6,8,11,13H,9-10H2,2H3/t7?,11-/m0/s1. The van der Waals surface area contributed by atoms with Crippen LogP contribution in [0.4, 0.5) is 0 Å². The molecule has 0 fully saturated rings. The number of methoxy groups -OCH3 is 1. The number of esters is 1. The molecule has 0 rings (SSSR count). The van der Waals surface area contributed by atoms with Crippen molar-refractivity contribution in [2.45, 2.75) is 18.9 Å². The van der Waals surface area contributed by atoms with Crippen molar-refractivity contribution in [3.05, 3.63) is 17.9 Å². The van der Waals surface area contributed by atoms with Crippen molar-refractivity contribution in [3.8, 4) is 24.2 Å². The zero-order valence-corrected chi connectivity index (χ0v) is 8.49. The van der Waals surface area contributed by atoms with Gasteiger partial charge in [-0.05, 0) is 24.3 Å². The summed E-state index contributed by atoms with van der Waals surface area (Å²) in [5.41, 5.74) is 2.64. The maximum atomic E-state index is 10.7. The Morgan fingerprint density at radius 2 is 2.40 bits per heavy atom. The fourth-order valence-electron chi connectivity index (χ4n) is 0.730. The van der Waals surface area contributed by atoms with Crippen molar-refractivity contribution in [1.82, 2.24) is 0 Å². The predicted molar refractivity (Wildman–Crippen MR) is 56.5 cm³/mol. The van der Waals surface area contributed by atoms with Crippen molar-refractivity contribution < 1.29 is 14.6 Å². The molecule has 0 aliphatic rings. The van der Waals surface area contributed by atoms with Gasteiger partial charge in [-0.3, -0.25) is 4.79 Å². The highest BCUT2D eigenvalue weighted by Crippen LogP contribution is 1.98. The van der Waals surface area contributed by atoms with Gasteiger partial charge in [0, 0.05) is 12.5 Å². The van der Waals surface area contributed by atoms with E-state index in [4.69, 9.17) is 6.42 Å². The van der Waals surface area contributed by atoms with E-state index in [0.29, 0.717) is 6.42 Å². The van der Waals surface area contributed by atoms with Crippen molar-refractivity contribution >= 4 is 5.97 Å². The van der Waals surface area contributed by atoms with Crippen LogP contribution in [0.1, 0.15) is 12.8 Å². The lowest BCUT2D eigenvalue weighted by molar-refractivity contribution is -0.141. The smallest absolute Gasteiger partial charge is 0.305 e. The molecule has 0 spiro atoms. The number of carbonyl (C=O) groups excluding carboxylic acids is 1. The Bertz CT molecular complexity index is 357. The molecule has 0 aliphatic carbocycles. The Balaban J connectivity index is 3.93. The molecule has 78 valence electrons. The quantitative estimate of drug-likeness (QED) is 0.415. The third-order valence-electron chi connectivity index (χ3n) is 1.46. The van der Waals surface area contributed by atoms with Crippen LogP contribution in [0, 0.1) is 24.2 Å². The van der Waals surface area contributed by atoms with Crippen molar-refractivity contribution in [2.24, 2.45) is 0 Å². The molecule has 1 N–H and O–H groups in total. The lowest BCUT2D eigenvalue weighted by Gasteiger charge is -2.01. The number of carbonyl (C=O) groups is 1. The molecule has 3 heteroatoms. The number of hydrogen-bond acceptors (Lipinski definition) is 3. The summed E-state index contributed by atoms with van der Waals surface area (Å²) in [7, 11) is 1.31. The predicted octanol–water partition coefficient (Wildman–Crippen LogP) is 0.648. The number of ether oxygens (including phenoxy) is 1. The van der Waals surface area contributed by atoms with Crippen LogP contribution in [-0.4, -0.2) is 24.3 Å². The first-order valence-corrected chi connectivity index (χ1v) is 4.32. The van der Waals surface area contributed by atoms with E-state index in [-0.39, 0.29) is 12.4 Å². The molecule has 0 aromatic carbocycles. The normalized spacial score (nSPS) is 9.67. The fourth-order valence-corrected chi connectivity index (χ4v) is 0.730. The van der Waals surface area contributed by atoms with Gasteiger partial charge in [-0.15, -0.1) is 12.2 Å². The topological polar surface area (TPSA) is 46.5 Å². The minimum Gasteiger partial charge on any atom is -0.469 e. The maximum absolute atomic E-state index is 10.7. The third kappa shape index (κ3) is 8.40. The van der Waals surface area contributed by atoms with Crippen LogP contribution < -0.4 is 0 Å². The molecule has 0 aliphatic heterocycles. The van der Waals surface area contributed by atoms with Gasteiger partial charge < -0.3 is 9.84 Å². The molecule has 0 bridgehead atoms. The van der Waals surface area contributed by atoms with Crippen LogP contribution in [0.3, 0.4) is 0 Å². The van der Waals surface area contributed by atoms with Crippen LogP contribution in [0.5, 0.6) is 0 Å². The van der Waals surface area contributed by atoms with Crippen LogP contribution in [0.15, 0.2) is 17.9 Å². The van der Waals surface area contributed by atoms with Gasteiger partial charge in [-0.2, -0.15) is 0 Å². The zero-order chi connectivity index (χ0) is 11.5. The molecule has 0 heterocycles. The van der Waals surface area contributed by atoms with Gasteiger partial charge in [0.15, 0.2) is 0 Å². The minimum absolute atomic E-state index is 0.173. The van der Waals surface area contributed by atoms with E-state index < -0.39 is 6.10 Å². The molecule has 0 radical (unpaired) electrons. The van der Waals surface area contributed by atoms with Crippen molar-refractivity contribution in [2.75, 3.05) is 7.11 Å². The molecule has 0 saturated heterocycles. The number of terminal acetylenes is 1. The van der Waals surface area contributed by atoms with Gasteiger partial charge in [0.1, 0.15) is 0 Å². The Labute approximate surface area is 89.4 Å². The van der Waals surface area contributed by atoms with Crippen molar-refractivity contribution in [1.29, 1.82) is 0 Å². The van der Waals surface area contributed by atoms with Crippen LogP contribution >= 0.6 is 0 Å². The SMILES string of the molecule is C#CC#CC=C=C[C@H](O)CCC(=O)OC. The first-order valence-electron chi connectivity index (χ1n) is 4.32. The molecule has 0 amide bonds. The lowest BCUT2D eigenvalue weighted by Crippen LogP contribution is -2.07. The second kappa shape index (κ2) is 8.66. The summed E-state index contributed by atoms with van der Waals surface area (Å²) in [5.74, 6) is 6.66. The first-order chi connectivity index (χ1) is 7.20. The van der Waals surface area contributed by atoms with Gasteiger partial charge in [0.05, 0.1) is 13.2 Å². The van der Waals surface area contributed by atoms with E-state index in [2.05, 4.69) is 28.2 Å². The fraction of sp³-hybridized carbons (Fsp3) is 0.333. The summed E-state index contributed by atoms with van der Waals surface area (Å²) in [6.45, 7) is 0. The summed E-state index contributed by atoms with van der Waals surface area (Å²) in [6, 6.07) is 0. The largest absolute Gasteiger partial charge is 0.469 e. The summed E-state index contributed by atoms with van der Waals surface area (Å²) < 4.78 is 4.42. The molecule has 0 aromatic rings. The Morgan fingerprint density at radius 3 is 3.00 bits per heavy atom. The molecule has 15 heavy (non-hydrogen) atoms. The van der Waals surface area contributed by atoms with E-state index in [0.717, 1.165) is 0 Å². The zero-order valence-electron chi connectivity index (χ0n) is 8.49. The average molecular weight is 204 g/mol. The van der Waals surface area contributed by atoms with E-state index in [1.807, 2.05) is 0 Å². The Kier molecular flexibility index (Phi) is 7.54. The molecule has 3 nitrogen and oxygen atoms in total. The van der Waals surface area contributed by atoms with Gasteiger partial charge in [0.25, 0.3) is 0 Å². The molecular formula is C12H12O3. The highest BCUT2D eigenvalue weighted by Gasteiger charge is 2.04. The maximum Gasteiger partial charge on any atom is 0.305 e. The van der Waals surface area contributed by atoms with Crippen LogP contribution in [0.2, 0.25) is 0 Å². The lowest BCUT2D eigenvalue weighted by atomic mass is 10.2. The number of hydrogen-bond donors (Lipinski definition) is 1. The molecule has 0 saturated carbocycles. The molecule has 0 aromatic heterocycles. The number of rotatable bonds is 4. The van der Waals surface area contributed by atoms with Gasteiger partial charge in [-0.25, -0.2) is 0 Å². The van der Waals surface area contributed by atoms with Crippen LogP contribution in [-0.2, 0) is 9.53 Å². The van der Waals surface area contributed by atoms with Crippen LogP contribution in [0.25, 0.3) is 0 Å². The molecule has 0 unspecified atom stereocenters. The highest BCUT2D eigenvalue weighted by molar-refractivity contribution is 5.69. The minimum atomic E-state index is -0.729. The van der Waals surface area contributed by atoms with E-state index in [9.17, 15) is 9.90 Å². The van der Waals surface area contributed by atoms with E-state index in [1.54, 1.807) is 0 Å². The number of aliphatic hydroxyl groups is 1. The molecular weight excluding hydrogens is 192 g/mol. The van der Waals surface area contributed by atoms with Crippen molar-refractivity contribution in [3.63, 3.8) is 0 Å². The van der Waals surface area contributed by atoms with Gasteiger partial charge in [-0.1, -0.05) is 5.92 Å². The second-order valence-corrected chi connectivity index (χ2v) is 2.57. The first kappa shape index (κ1) is 13.1. The summed E-state index contributed by atoms with van der Waals surface area (Å²) in [6.07, 6.45) is 7.44. The van der Waals surface area contributed by atoms with E-state index in [1.165, 1.54) is 19.3 Å². The molecule has 1 atom stereocenters. The van der Waals surface area contributed by atoms with Gasteiger partial charge >= 0.3 is 5.97 Å². The summed E-state index contributed by atoms with van der Waals surface area (Å²) in [5, 5.41) is 9.32.